The average molecular weight is 373 g/mol. The molecule has 7 heteroatoms. The van der Waals surface area contributed by atoms with Crippen LogP contribution in [0.5, 0.6) is 5.75 Å². The number of amides is 1. The SMILES string of the molecule is CC(=O)c1cccc(NC(=O)[C@H](C)OC(=O)[C@H](C)Oc2ccc(F)cc2)c1. The second-order valence-electron chi connectivity index (χ2n) is 5.92. The van der Waals surface area contributed by atoms with Crippen LogP contribution in [-0.2, 0) is 14.3 Å². The minimum atomic E-state index is -1.07. The Kier molecular flexibility index (Phi) is 6.65. The quantitative estimate of drug-likeness (QED) is 0.594. The van der Waals surface area contributed by atoms with Gasteiger partial charge in [0.15, 0.2) is 18.0 Å². The van der Waals surface area contributed by atoms with Crippen LogP contribution in [0.15, 0.2) is 48.5 Å². The number of hydrogen-bond acceptors (Lipinski definition) is 5. The van der Waals surface area contributed by atoms with Crippen molar-refractivity contribution in [2.45, 2.75) is 33.0 Å². The molecule has 0 radical (unpaired) electrons. The molecule has 0 saturated carbocycles. The number of carbonyl (C=O) groups excluding carboxylic acids is 3. The van der Waals surface area contributed by atoms with Gasteiger partial charge in [0.1, 0.15) is 11.6 Å². The summed E-state index contributed by atoms with van der Waals surface area (Å²) >= 11 is 0. The Bertz CT molecular complexity index is 835. The van der Waals surface area contributed by atoms with Crippen LogP contribution in [0.25, 0.3) is 0 Å². The summed E-state index contributed by atoms with van der Waals surface area (Å²) in [6.45, 7) is 4.31. The fourth-order valence-electron chi connectivity index (χ4n) is 2.15. The van der Waals surface area contributed by atoms with Gasteiger partial charge in [-0.3, -0.25) is 9.59 Å². The van der Waals surface area contributed by atoms with E-state index in [1.165, 1.54) is 51.1 Å². The molecule has 0 saturated heterocycles. The van der Waals surface area contributed by atoms with Crippen LogP contribution in [-0.4, -0.2) is 29.9 Å². The molecule has 0 unspecified atom stereocenters. The zero-order valence-corrected chi connectivity index (χ0v) is 15.2. The van der Waals surface area contributed by atoms with Gasteiger partial charge < -0.3 is 14.8 Å². The first-order valence-corrected chi connectivity index (χ1v) is 8.31. The monoisotopic (exact) mass is 373 g/mol. The normalized spacial score (nSPS) is 12.6. The lowest BCUT2D eigenvalue weighted by atomic mass is 10.1. The lowest BCUT2D eigenvalue weighted by Crippen LogP contribution is -2.35. The van der Waals surface area contributed by atoms with E-state index in [0.29, 0.717) is 17.0 Å². The first-order chi connectivity index (χ1) is 12.8. The summed E-state index contributed by atoms with van der Waals surface area (Å²) < 4.78 is 23.3. The summed E-state index contributed by atoms with van der Waals surface area (Å²) in [5, 5.41) is 2.59. The second-order valence-corrected chi connectivity index (χ2v) is 5.92. The van der Waals surface area contributed by atoms with E-state index in [0.717, 1.165) is 0 Å². The Morgan fingerprint density at radius 2 is 1.67 bits per heavy atom. The van der Waals surface area contributed by atoms with E-state index in [2.05, 4.69) is 5.32 Å². The average Bonchev–Trinajstić information content (AvgIpc) is 2.63. The zero-order chi connectivity index (χ0) is 20.0. The van der Waals surface area contributed by atoms with Crippen molar-refractivity contribution in [1.29, 1.82) is 0 Å². The lowest BCUT2D eigenvalue weighted by molar-refractivity contribution is -0.159. The molecule has 2 aromatic carbocycles. The third-order valence-electron chi connectivity index (χ3n) is 3.66. The Morgan fingerprint density at radius 3 is 2.30 bits per heavy atom. The van der Waals surface area contributed by atoms with E-state index in [-0.39, 0.29) is 5.78 Å². The number of ketones is 1. The lowest BCUT2D eigenvalue weighted by Gasteiger charge is -2.18. The summed E-state index contributed by atoms with van der Waals surface area (Å²) in [5.41, 5.74) is 0.880. The third-order valence-corrected chi connectivity index (χ3v) is 3.66. The van der Waals surface area contributed by atoms with Gasteiger partial charge in [-0.15, -0.1) is 0 Å². The summed E-state index contributed by atoms with van der Waals surface area (Å²) in [4.78, 5) is 35.7. The number of carbonyl (C=O) groups is 3. The molecular weight excluding hydrogens is 353 g/mol. The molecule has 2 atom stereocenters. The fourth-order valence-corrected chi connectivity index (χ4v) is 2.15. The molecule has 0 aliphatic heterocycles. The van der Waals surface area contributed by atoms with Crippen molar-refractivity contribution in [2.75, 3.05) is 5.32 Å². The van der Waals surface area contributed by atoms with E-state index in [1.54, 1.807) is 18.2 Å². The Labute approximate surface area is 156 Å². The fraction of sp³-hybridized carbons (Fsp3) is 0.250. The Morgan fingerprint density at radius 1 is 1.00 bits per heavy atom. The number of Topliss-reactive ketones (excluding diaryl/α,β-unsaturated/α-hetero) is 1. The molecular formula is C20H20FNO5. The van der Waals surface area contributed by atoms with Gasteiger partial charge >= 0.3 is 5.97 Å². The van der Waals surface area contributed by atoms with Gasteiger partial charge in [0, 0.05) is 11.3 Å². The molecule has 1 amide bonds. The molecule has 27 heavy (non-hydrogen) atoms. The minimum Gasteiger partial charge on any atom is -0.479 e. The van der Waals surface area contributed by atoms with Gasteiger partial charge in [0.2, 0.25) is 0 Å². The molecule has 0 spiro atoms. The summed E-state index contributed by atoms with van der Waals surface area (Å²) in [6.07, 6.45) is -2.05. The number of benzene rings is 2. The van der Waals surface area contributed by atoms with E-state index in [1.807, 2.05) is 0 Å². The molecule has 2 aromatic rings. The standard InChI is InChI=1S/C20H20FNO5/c1-12(23)15-5-4-6-17(11-15)22-19(24)13(2)27-20(25)14(3)26-18-9-7-16(21)8-10-18/h4-11,13-14H,1-3H3,(H,22,24)/t13-,14-/m0/s1. The predicted molar refractivity (Wildman–Crippen MR) is 97.1 cm³/mol. The number of nitrogens with one attached hydrogen (secondary N) is 1. The highest BCUT2D eigenvalue weighted by Gasteiger charge is 2.23. The Balaban J connectivity index is 1.90. The highest BCUT2D eigenvalue weighted by Crippen LogP contribution is 2.15. The molecule has 142 valence electrons. The molecule has 0 heterocycles. The van der Waals surface area contributed by atoms with Crippen LogP contribution in [0.1, 0.15) is 31.1 Å². The van der Waals surface area contributed by atoms with Crippen molar-refractivity contribution >= 4 is 23.3 Å². The Hall–Kier alpha value is -3.22. The van der Waals surface area contributed by atoms with Crippen molar-refractivity contribution in [3.63, 3.8) is 0 Å². The number of anilines is 1. The van der Waals surface area contributed by atoms with E-state index in [9.17, 15) is 18.8 Å². The van der Waals surface area contributed by atoms with Crippen molar-refractivity contribution in [1.82, 2.24) is 0 Å². The number of esters is 1. The molecule has 0 fully saturated rings. The zero-order valence-electron chi connectivity index (χ0n) is 15.2. The van der Waals surface area contributed by atoms with Gasteiger partial charge in [-0.05, 0) is 57.2 Å². The predicted octanol–water partition coefficient (Wildman–Crippen LogP) is 3.37. The van der Waals surface area contributed by atoms with E-state index >= 15 is 0 Å². The van der Waals surface area contributed by atoms with E-state index < -0.39 is 29.9 Å². The van der Waals surface area contributed by atoms with Crippen LogP contribution in [0.3, 0.4) is 0 Å². The highest BCUT2D eigenvalue weighted by atomic mass is 19.1. The topological polar surface area (TPSA) is 81.7 Å². The minimum absolute atomic E-state index is 0.127. The van der Waals surface area contributed by atoms with Crippen LogP contribution < -0.4 is 10.1 Å². The number of halogens is 1. The van der Waals surface area contributed by atoms with Crippen molar-refractivity contribution in [3.05, 3.63) is 59.9 Å². The number of ether oxygens (including phenoxy) is 2. The smallest absolute Gasteiger partial charge is 0.347 e. The third kappa shape index (κ3) is 5.91. The van der Waals surface area contributed by atoms with Crippen LogP contribution in [0.4, 0.5) is 10.1 Å². The maximum atomic E-state index is 12.9. The van der Waals surface area contributed by atoms with Crippen LogP contribution >= 0.6 is 0 Å². The number of hydrogen-bond donors (Lipinski definition) is 1. The van der Waals surface area contributed by atoms with Gasteiger partial charge in [-0.2, -0.15) is 0 Å². The maximum absolute atomic E-state index is 12.9. The van der Waals surface area contributed by atoms with Crippen molar-refractivity contribution in [3.8, 4) is 5.75 Å². The molecule has 6 nitrogen and oxygen atoms in total. The summed E-state index contributed by atoms with van der Waals surface area (Å²) in [6, 6.07) is 11.6. The molecule has 0 aliphatic rings. The van der Waals surface area contributed by atoms with Crippen LogP contribution in [0, 0.1) is 5.82 Å². The van der Waals surface area contributed by atoms with Crippen molar-refractivity contribution < 1.29 is 28.2 Å². The largest absolute Gasteiger partial charge is 0.479 e. The first-order valence-electron chi connectivity index (χ1n) is 8.31. The summed E-state index contributed by atoms with van der Waals surface area (Å²) in [5.74, 6) is -1.52. The first kappa shape index (κ1) is 20.1. The van der Waals surface area contributed by atoms with Gasteiger partial charge in [-0.1, -0.05) is 12.1 Å². The van der Waals surface area contributed by atoms with Gasteiger partial charge in [-0.25, -0.2) is 9.18 Å². The van der Waals surface area contributed by atoms with Crippen LogP contribution in [0.2, 0.25) is 0 Å². The van der Waals surface area contributed by atoms with Crippen molar-refractivity contribution in [2.24, 2.45) is 0 Å². The molecule has 0 aromatic heterocycles. The molecule has 0 aliphatic carbocycles. The molecule has 2 rings (SSSR count). The highest BCUT2D eigenvalue weighted by molar-refractivity contribution is 5.98. The number of rotatable bonds is 7. The second kappa shape index (κ2) is 8.93. The van der Waals surface area contributed by atoms with Gasteiger partial charge in [0.05, 0.1) is 0 Å². The molecule has 1 N–H and O–H groups in total. The summed E-state index contributed by atoms with van der Waals surface area (Å²) in [7, 11) is 0. The van der Waals surface area contributed by atoms with E-state index in [4.69, 9.17) is 9.47 Å². The van der Waals surface area contributed by atoms with Gasteiger partial charge in [0.25, 0.3) is 5.91 Å². The molecule has 0 bridgehead atoms. The maximum Gasteiger partial charge on any atom is 0.347 e.